The number of aliphatic hydroxyl groups is 1. The van der Waals surface area contributed by atoms with Gasteiger partial charge < -0.3 is 9.84 Å². The third kappa shape index (κ3) is 3.04. The van der Waals surface area contributed by atoms with Crippen LogP contribution in [-0.2, 0) is 6.42 Å². The molecule has 1 atom stereocenters. The van der Waals surface area contributed by atoms with E-state index >= 15 is 0 Å². The first-order valence-corrected chi connectivity index (χ1v) is 5.04. The molecular weight excluding hydrogens is 176 g/mol. The second-order valence-corrected chi connectivity index (χ2v) is 3.57. The minimum Gasteiger partial charge on any atom is -0.494 e. The van der Waals surface area contributed by atoms with Gasteiger partial charge in [-0.25, -0.2) is 0 Å². The molecule has 0 heterocycles. The second kappa shape index (κ2) is 5.01. The molecule has 1 rings (SSSR count). The largest absolute Gasteiger partial charge is 0.494 e. The summed E-state index contributed by atoms with van der Waals surface area (Å²) in [6.07, 6.45) is 0.421. The highest BCUT2D eigenvalue weighted by Gasteiger charge is 2.03. The second-order valence-electron chi connectivity index (χ2n) is 3.57. The summed E-state index contributed by atoms with van der Waals surface area (Å²) in [4.78, 5) is 0. The molecule has 0 unspecified atom stereocenters. The van der Waals surface area contributed by atoms with E-state index in [0.717, 1.165) is 5.75 Å². The molecule has 1 aromatic carbocycles. The van der Waals surface area contributed by atoms with Gasteiger partial charge in [0.05, 0.1) is 12.7 Å². The number of ether oxygens (including phenoxy) is 1. The van der Waals surface area contributed by atoms with E-state index in [0.29, 0.717) is 13.0 Å². The fourth-order valence-electron chi connectivity index (χ4n) is 1.47. The van der Waals surface area contributed by atoms with Crippen molar-refractivity contribution in [3.05, 3.63) is 29.3 Å². The van der Waals surface area contributed by atoms with Gasteiger partial charge in [0.25, 0.3) is 0 Å². The quantitative estimate of drug-likeness (QED) is 0.797. The van der Waals surface area contributed by atoms with E-state index < -0.39 is 0 Å². The highest BCUT2D eigenvalue weighted by molar-refractivity contribution is 5.35. The van der Waals surface area contributed by atoms with E-state index in [4.69, 9.17) is 4.74 Å². The van der Waals surface area contributed by atoms with Gasteiger partial charge in [-0.3, -0.25) is 0 Å². The molecule has 1 N–H and O–H groups in total. The van der Waals surface area contributed by atoms with Gasteiger partial charge in [-0.05, 0) is 50.5 Å². The van der Waals surface area contributed by atoms with Crippen LogP contribution in [0.15, 0.2) is 18.2 Å². The van der Waals surface area contributed by atoms with Gasteiger partial charge in [0, 0.05) is 0 Å². The predicted molar refractivity (Wildman–Crippen MR) is 57.7 cm³/mol. The minimum atomic E-state index is -0.286. The summed E-state index contributed by atoms with van der Waals surface area (Å²) >= 11 is 0. The normalized spacial score (nSPS) is 12.6. The molecule has 1 aromatic rings. The van der Waals surface area contributed by atoms with Crippen molar-refractivity contribution >= 4 is 0 Å². The fourth-order valence-corrected chi connectivity index (χ4v) is 1.47. The first-order valence-electron chi connectivity index (χ1n) is 5.04. The lowest BCUT2D eigenvalue weighted by Gasteiger charge is -2.10. The highest BCUT2D eigenvalue weighted by atomic mass is 16.5. The van der Waals surface area contributed by atoms with Crippen LogP contribution in [0.3, 0.4) is 0 Å². The molecule has 0 saturated carbocycles. The summed E-state index contributed by atoms with van der Waals surface area (Å²) < 4.78 is 5.38. The van der Waals surface area contributed by atoms with Gasteiger partial charge in [-0.2, -0.15) is 0 Å². The van der Waals surface area contributed by atoms with Crippen LogP contribution in [0.5, 0.6) is 5.75 Å². The van der Waals surface area contributed by atoms with Gasteiger partial charge in [0.15, 0.2) is 0 Å². The number of aliphatic hydroxyl groups excluding tert-OH is 1. The third-order valence-electron chi connectivity index (χ3n) is 2.14. The Kier molecular flexibility index (Phi) is 3.96. The Labute approximate surface area is 85.5 Å². The van der Waals surface area contributed by atoms with Crippen molar-refractivity contribution in [2.45, 2.75) is 33.3 Å². The summed E-state index contributed by atoms with van der Waals surface area (Å²) in [5.41, 5.74) is 2.36. The molecule has 2 nitrogen and oxygen atoms in total. The summed E-state index contributed by atoms with van der Waals surface area (Å²) in [5.74, 6) is 0.902. The van der Waals surface area contributed by atoms with Crippen LogP contribution in [0.1, 0.15) is 25.0 Å². The summed E-state index contributed by atoms with van der Waals surface area (Å²) in [6, 6.07) is 5.99. The maximum atomic E-state index is 9.27. The van der Waals surface area contributed by atoms with E-state index in [9.17, 15) is 5.11 Å². The van der Waals surface area contributed by atoms with Crippen LogP contribution >= 0.6 is 0 Å². The van der Waals surface area contributed by atoms with Crippen LogP contribution < -0.4 is 4.74 Å². The van der Waals surface area contributed by atoms with Crippen molar-refractivity contribution in [3.8, 4) is 5.75 Å². The van der Waals surface area contributed by atoms with Gasteiger partial charge in [0.1, 0.15) is 5.75 Å². The van der Waals surface area contributed by atoms with E-state index in [1.807, 2.05) is 32.0 Å². The van der Waals surface area contributed by atoms with Crippen molar-refractivity contribution in [2.24, 2.45) is 0 Å². The molecule has 78 valence electrons. The predicted octanol–water partition coefficient (Wildman–Crippen LogP) is 2.32. The van der Waals surface area contributed by atoms with Crippen LogP contribution in [-0.4, -0.2) is 17.8 Å². The van der Waals surface area contributed by atoms with E-state index in [2.05, 4.69) is 0 Å². The smallest absolute Gasteiger partial charge is 0.119 e. The molecule has 0 aliphatic heterocycles. The van der Waals surface area contributed by atoms with E-state index in [1.165, 1.54) is 11.1 Å². The van der Waals surface area contributed by atoms with E-state index in [-0.39, 0.29) is 6.10 Å². The van der Waals surface area contributed by atoms with Crippen molar-refractivity contribution in [3.63, 3.8) is 0 Å². The number of benzene rings is 1. The van der Waals surface area contributed by atoms with E-state index in [1.54, 1.807) is 6.92 Å². The van der Waals surface area contributed by atoms with Crippen molar-refractivity contribution in [1.29, 1.82) is 0 Å². The zero-order valence-electron chi connectivity index (χ0n) is 9.08. The van der Waals surface area contributed by atoms with Crippen molar-refractivity contribution in [1.82, 2.24) is 0 Å². The Morgan fingerprint density at radius 1 is 1.43 bits per heavy atom. The topological polar surface area (TPSA) is 29.5 Å². The molecule has 2 heteroatoms. The number of hydrogen-bond acceptors (Lipinski definition) is 2. The molecule has 0 saturated heterocycles. The summed E-state index contributed by atoms with van der Waals surface area (Å²) in [5, 5.41) is 9.27. The Morgan fingerprint density at radius 3 is 2.64 bits per heavy atom. The number of aryl methyl sites for hydroxylation is 1. The monoisotopic (exact) mass is 194 g/mol. The average molecular weight is 194 g/mol. The minimum absolute atomic E-state index is 0.286. The zero-order valence-corrected chi connectivity index (χ0v) is 9.08. The molecule has 0 aliphatic carbocycles. The van der Waals surface area contributed by atoms with Crippen LogP contribution in [0.2, 0.25) is 0 Å². The summed E-state index contributed by atoms with van der Waals surface area (Å²) in [7, 11) is 0. The average Bonchev–Trinajstić information content (AvgIpc) is 2.10. The Hall–Kier alpha value is -1.02. The SMILES string of the molecule is CCOc1ccc(C[C@H](C)O)c(C)c1. The molecule has 0 fully saturated rings. The van der Waals surface area contributed by atoms with Crippen LogP contribution in [0.4, 0.5) is 0 Å². The Morgan fingerprint density at radius 2 is 2.14 bits per heavy atom. The van der Waals surface area contributed by atoms with Gasteiger partial charge in [0.2, 0.25) is 0 Å². The van der Waals surface area contributed by atoms with Crippen LogP contribution in [0, 0.1) is 6.92 Å². The Balaban J connectivity index is 2.79. The first-order chi connectivity index (χ1) is 6.63. The van der Waals surface area contributed by atoms with Gasteiger partial charge >= 0.3 is 0 Å². The maximum Gasteiger partial charge on any atom is 0.119 e. The molecular formula is C12H18O2. The van der Waals surface area contributed by atoms with Gasteiger partial charge in [-0.15, -0.1) is 0 Å². The third-order valence-corrected chi connectivity index (χ3v) is 2.14. The molecule has 0 amide bonds. The molecule has 0 spiro atoms. The first kappa shape index (κ1) is 11.1. The standard InChI is InChI=1S/C12H18O2/c1-4-14-12-6-5-11(8-10(3)13)9(2)7-12/h5-7,10,13H,4,8H2,1-3H3/t10-/m0/s1. The molecule has 0 aliphatic rings. The molecule has 0 bridgehead atoms. The van der Waals surface area contributed by atoms with Crippen LogP contribution in [0.25, 0.3) is 0 Å². The van der Waals surface area contributed by atoms with Gasteiger partial charge in [-0.1, -0.05) is 6.07 Å². The van der Waals surface area contributed by atoms with Crippen molar-refractivity contribution < 1.29 is 9.84 Å². The number of hydrogen-bond donors (Lipinski definition) is 1. The Bertz CT molecular complexity index is 292. The van der Waals surface area contributed by atoms with Crippen molar-refractivity contribution in [2.75, 3.05) is 6.61 Å². The lowest BCUT2D eigenvalue weighted by Crippen LogP contribution is -2.05. The number of rotatable bonds is 4. The highest BCUT2D eigenvalue weighted by Crippen LogP contribution is 2.18. The molecule has 0 radical (unpaired) electrons. The molecule has 14 heavy (non-hydrogen) atoms. The maximum absolute atomic E-state index is 9.27. The lowest BCUT2D eigenvalue weighted by atomic mass is 10.0. The lowest BCUT2D eigenvalue weighted by molar-refractivity contribution is 0.195. The zero-order chi connectivity index (χ0) is 10.6. The fraction of sp³-hybridized carbons (Fsp3) is 0.500. The molecule has 0 aromatic heterocycles. The summed E-state index contributed by atoms with van der Waals surface area (Å²) in [6.45, 7) is 6.50.